The van der Waals surface area contributed by atoms with E-state index in [-0.39, 0.29) is 19.4 Å². The van der Waals surface area contributed by atoms with Crippen LogP contribution in [0.15, 0.2) is 0 Å². The van der Waals surface area contributed by atoms with Gasteiger partial charge in [-0.25, -0.2) is 0 Å². The second-order valence-corrected chi connectivity index (χ2v) is 3.02. The van der Waals surface area contributed by atoms with Crippen molar-refractivity contribution in [1.82, 2.24) is 0 Å². The lowest BCUT2D eigenvalue weighted by Crippen LogP contribution is -2.18. The minimum absolute atomic E-state index is 0.0493. The van der Waals surface area contributed by atoms with Gasteiger partial charge in [-0.1, -0.05) is 13.3 Å². The maximum Gasteiger partial charge on any atom is 0.306 e. The van der Waals surface area contributed by atoms with Gasteiger partial charge >= 0.3 is 11.9 Å². The van der Waals surface area contributed by atoms with Crippen LogP contribution < -0.4 is 0 Å². The molecule has 2 N–H and O–H groups in total. The van der Waals surface area contributed by atoms with Crippen molar-refractivity contribution >= 4 is 11.9 Å². The summed E-state index contributed by atoms with van der Waals surface area (Å²) in [6, 6.07) is 0. The Morgan fingerprint density at radius 1 is 1.36 bits per heavy atom. The van der Waals surface area contributed by atoms with Gasteiger partial charge in [0.1, 0.15) is 6.61 Å². The second-order valence-electron chi connectivity index (χ2n) is 3.02. The van der Waals surface area contributed by atoms with Gasteiger partial charge in [-0.05, 0) is 6.42 Å². The standard InChI is InChI=1S/C9H16O5/c1-2-3-7(10)6-14-9(13)5-4-8(11)12/h7,10H,2-6H2,1H3,(H,11,12). The third kappa shape index (κ3) is 7.54. The number of carbonyl (C=O) groups excluding carboxylic acids is 1. The molecule has 0 radical (unpaired) electrons. The van der Waals surface area contributed by atoms with Crippen LogP contribution >= 0.6 is 0 Å². The van der Waals surface area contributed by atoms with Crippen LogP contribution in [0.5, 0.6) is 0 Å². The summed E-state index contributed by atoms with van der Waals surface area (Å²) in [5.74, 6) is -1.61. The predicted octanol–water partition coefficient (Wildman–Crippen LogP) is 0.555. The molecule has 1 unspecified atom stereocenters. The number of ether oxygens (including phenoxy) is 1. The van der Waals surface area contributed by atoms with Crippen molar-refractivity contribution in [3.63, 3.8) is 0 Å². The average molecular weight is 204 g/mol. The Balaban J connectivity index is 3.48. The molecule has 0 spiro atoms. The summed E-state index contributed by atoms with van der Waals surface area (Å²) in [6.45, 7) is 1.86. The molecule has 0 aliphatic carbocycles. The molecule has 0 amide bonds. The van der Waals surface area contributed by atoms with Crippen molar-refractivity contribution in [2.75, 3.05) is 6.61 Å². The molecule has 0 aromatic rings. The number of carbonyl (C=O) groups is 2. The number of carboxylic acid groups (broad SMARTS) is 1. The fourth-order valence-corrected chi connectivity index (χ4v) is 0.887. The highest BCUT2D eigenvalue weighted by Gasteiger charge is 2.09. The summed E-state index contributed by atoms with van der Waals surface area (Å²) in [5.41, 5.74) is 0. The Bertz CT molecular complexity index is 190. The number of aliphatic carboxylic acids is 1. The van der Waals surface area contributed by atoms with Crippen LogP contribution in [0, 0.1) is 0 Å². The molecule has 1 atom stereocenters. The monoisotopic (exact) mass is 204 g/mol. The van der Waals surface area contributed by atoms with Crippen molar-refractivity contribution in [1.29, 1.82) is 0 Å². The van der Waals surface area contributed by atoms with Crippen molar-refractivity contribution in [3.8, 4) is 0 Å². The highest BCUT2D eigenvalue weighted by molar-refractivity contribution is 5.76. The lowest BCUT2D eigenvalue weighted by atomic mass is 10.2. The van der Waals surface area contributed by atoms with Crippen LogP contribution in [0.2, 0.25) is 0 Å². The van der Waals surface area contributed by atoms with E-state index in [1.165, 1.54) is 0 Å². The zero-order valence-corrected chi connectivity index (χ0v) is 8.23. The lowest BCUT2D eigenvalue weighted by molar-refractivity contribution is -0.150. The molecule has 0 aromatic heterocycles. The van der Waals surface area contributed by atoms with Gasteiger partial charge in [0, 0.05) is 0 Å². The number of hydrogen-bond acceptors (Lipinski definition) is 4. The molecule has 14 heavy (non-hydrogen) atoms. The Labute approximate surface area is 82.7 Å². The summed E-state index contributed by atoms with van der Waals surface area (Å²) in [6.07, 6.45) is 0.366. The SMILES string of the molecule is CCCC(O)COC(=O)CCC(=O)O. The Morgan fingerprint density at radius 3 is 2.50 bits per heavy atom. The first-order chi connectivity index (χ1) is 6.56. The van der Waals surface area contributed by atoms with Crippen LogP contribution in [0.3, 0.4) is 0 Å². The van der Waals surface area contributed by atoms with Crippen LogP contribution in [0.25, 0.3) is 0 Å². The molecule has 0 aromatic carbocycles. The highest BCUT2D eigenvalue weighted by Crippen LogP contribution is 1.99. The van der Waals surface area contributed by atoms with Crippen LogP contribution in [-0.4, -0.2) is 34.9 Å². The van der Waals surface area contributed by atoms with E-state index in [0.29, 0.717) is 6.42 Å². The van der Waals surface area contributed by atoms with Crippen molar-refractivity contribution in [2.45, 2.75) is 38.7 Å². The molecular formula is C9H16O5. The Hall–Kier alpha value is -1.10. The van der Waals surface area contributed by atoms with Crippen molar-refractivity contribution in [3.05, 3.63) is 0 Å². The molecule has 5 heteroatoms. The topological polar surface area (TPSA) is 83.8 Å². The van der Waals surface area contributed by atoms with Gasteiger partial charge in [0.15, 0.2) is 0 Å². The Morgan fingerprint density at radius 2 is 2.00 bits per heavy atom. The van der Waals surface area contributed by atoms with E-state index in [2.05, 4.69) is 4.74 Å². The highest BCUT2D eigenvalue weighted by atomic mass is 16.5. The second kappa shape index (κ2) is 7.32. The van der Waals surface area contributed by atoms with Crippen molar-refractivity contribution in [2.24, 2.45) is 0 Å². The number of esters is 1. The molecular weight excluding hydrogens is 188 g/mol. The zero-order valence-electron chi connectivity index (χ0n) is 8.23. The molecule has 82 valence electrons. The fourth-order valence-electron chi connectivity index (χ4n) is 0.887. The summed E-state index contributed by atoms with van der Waals surface area (Å²) in [5, 5.41) is 17.4. The molecule has 0 fully saturated rings. The van der Waals surface area contributed by atoms with Gasteiger partial charge < -0.3 is 14.9 Å². The molecule has 0 saturated carbocycles. The number of rotatable bonds is 7. The first kappa shape index (κ1) is 12.9. The molecule has 0 rings (SSSR count). The maximum absolute atomic E-state index is 10.9. The van der Waals surface area contributed by atoms with E-state index in [9.17, 15) is 14.7 Å². The van der Waals surface area contributed by atoms with Gasteiger partial charge in [0.25, 0.3) is 0 Å². The van der Waals surface area contributed by atoms with E-state index in [1.807, 2.05) is 6.92 Å². The first-order valence-corrected chi connectivity index (χ1v) is 4.61. The minimum Gasteiger partial charge on any atom is -0.481 e. The normalized spacial score (nSPS) is 12.1. The lowest BCUT2D eigenvalue weighted by Gasteiger charge is -2.09. The summed E-state index contributed by atoms with van der Waals surface area (Å²) in [7, 11) is 0. The largest absolute Gasteiger partial charge is 0.481 e. The maximum atomic E-state index is 10.9. The predicted molar refractivity (Wildman–Crippen MR) is 48.7 cm³/mol. The van der Waals surface area contributed by atoms with Gasteiger partial charge in [-0.2, -0.15) is 0 Å². The number of aliphatic hydroxyl groups is 1. The van der Waals surface area contributed by atoms with Gasteiger partial charge in [0.05, 0.1) is 18.9 Å². The number of aliphatic hydroxyl groups excluding tert-OH is 1. The van der Waals surface area contributed by atoms with E-state index in [1.54, 1.807) is 0 Å². The van der Waals surface area contributed by atoms with Crippen molar-refractivity contribution < 1.29 is 24.5 Å². The molecule has 0 bridgehead atoms. The summed E-state index contributed by atoms with van der Waals surface area (Å²) in [4.78, 5) is 20.9. The van der Waals surface area contributed by atoms with Crippen LogP contribution in [0.4, 0.5) is 0 Å². The summed E-state index contributed by atoms with van der Waals surface area (Å²) < 4.78 is 4.65. The van der Waals surface area contributed by atoms with Crippen LogP contribution in [-0.2, 0) is 14.3 Å². The van der Waals surface area contributed by atoms with E-state index >= 15 is 0 Å². The molecule has 0 heterocycles. The number of hydrogen-bond donors (Lipinski definition) is 2. The van der Waals surface area contributed by atoms with Gasteiger partial charge in [-0.3, -0.25) is 9.59 Å². The van der Waals surface area contributed by atoms with Gasteiger partial charge in [-0.15, -0.1) is 0 Å². The smallest absolute Gasteiger partial charge is 0.306 e. The fraction of sp³-hybridized carbons (Fsp3) is 0.778. The molecule has 5 nitrogen and oxygen atoms in total. The molecule has 0 saturated heterocycles. The first-order valence-electron chi connectivity index (χ1n) is 4.61. The number of carboxylic acids is 1. The van der Waals surface area contributed by atoms with Crippen LogP contribution in [0.1, 0.15) is 32.6 Å². The Kier molecular flexibility index (Phi) is 6.74. The minimum atomic E-state index is -1.03. The molecule has 0 aliphatic heterocycles. The van der Waals surface area contributed by atoms with Gasteiger partial charge in [0.2, 0.25) is 0 Å². The third-order valence-corrected chi connectivity index (χ3v) is 1.60. The van der Waals surface area contributed by atoms with E-state index < -0.39 is 18.0 Å². The summed E-state index contributed by atoms with van der Waals surface area (Å²) >= 11 is 0. The average Bonchev–Trinajstić information content (AvgIpc) is 2.12. The zero-order chi connectivity index (χ0) is 11.0. The van der Waals surface area contributed by atoms with E-state index in [4.69, 9.17) is 5.11 Å². The van der Waals surface area contributed by atoms with E-state index in [0.717, 1.165) is 6.42 Å². The third-order valence-electron chi connectivity index (χ3n) is 1.60. The quantitative estimate of drug-likeness (QED) is 0.592. The molecule has 0 aliphatic rings.